The third-order valence-corrected chi connectivity index (χ3v) is 2.49. The smallest absolute Gasteiger partial charge is 0.319 e. The van der Waals surface area contributed by atoms with E-state index in [2.05, 4.69) is 16.6 Å². The lowest BCUT2D eigenvalue weighted by molar-refractivity contribution is -0.270. The molecule has 0 saturated carbocycles. The van der Waals surface area contributed by atoms with Gasteiger partial charge in [0.2, 0.25) is 0 Å². The zero-order valence-corrected chi connectivity index (χ0v) is 11.8. The first-order valence-corrected chi connectivity index (χ1v) is 6.50. The van der Waals surface area contributed by atoms with E-state index in [0.717, 1.165) is 12.8 Å². The van der Waals surface area contributed by atoms with Gasteiger partial charge in [0.25, 0.3) is 0 Å². The van der Waals surface area contributed by atoms with Gasteiger partial charge in [-0.15, -0.1) is 12.3 Å². The van der Waals surface area contributed by atoms with Crippen molar-refractivity contribution in [3.63, 3.8) is 0 Å². The SMILES string of the molecule is C#CCCCCNC(=O)Nc1ccc([O-])c(OC(C)=O)c1. The van der Waals surface area contributed by atoms with Crippen LogP contribution in [0.5, 0.6) is 11.5 Å². The molecular weight excluding hydrogens is 272 g/mol. The van der Waals surface area contributed by atoms with Gasteiger partial charge in [-0.2, -0.15) is 0 Å². The van der Waals surface area contributed by atoms with Gasteiger partial charge in [0.15, 0.2) is 0 Å². The highest BCUT2D eigenvalue weighted by molar-refractivity contribution is 5.89. The highest BCUT2D eigenvalue weighted by Crippen LogP contribution is 2.26. The van der Waals surface area contributed by atoms with Gasteiger partial charge >= 0.3 is 12.0 Å². The van der Waals surface area contributed by atoms with E-state index in [1.807, 2.05) is 0 Å². The van der Waals surface area contributed by atoms with E-state index in [1.54, 1.807) is 0 Å². The van der Waals surface area contributed by atoms with E-state index in [9.17, 15) is 14.7 Å². The van der Waals surface area contributed by atoms with Crippen LogP contribution in [0.1, 0.15) is 26.2 Å². The fourth-order valence-electron chi connectivity index (χ4n) is 1.55. The number of urea groups is 1. The predicted octanol–water partition coefficient (Wildman–Crippen LogP) is 1.61. The summed E-state index contributed by atoms with van der Waals surface area (Å²) < 4.78 is 4.75. The van der Waals surface area contributed by atoms with Crippen molar-refractivity contribution in [3.8, 4) is 23.8 Å². The van der Waals surface area contributed by atoms with Crippen LogP contribution in [-0.4, -0.2) is 18.5 Å². The number of hydrogen-bond donors (Lipinski definition) is 2. The van der Waals surface area contributed by atoms with Crippen LogP contribution in [-0.2, 0) is 4.79 Å². The minimum absolute atomic E-state index is 0.116. The van der Waals surface area contributed by atoms with E-state index in [4.69, 9.17) is 11.2 Å². The Balaban J connectivity index is 2.49. The number of nitrogens with one attached hydrogen (secondary N) is 2. The molecule has 0 aliphatic heterocycles. The number of hydrogen-bond acceptors (Lipinski definition) is 4. The van der Waals surface area contributed by atoms with E-state index < -0.39 is 17.7 Å². The molecule has 0 atom stereocenters. The summed E-state index contributed by atoms with van der Waals surface area (Å²) in [6.45, 7) is 1.70. The molecule has 6 heteroatoms. The number of esters is 1. The predicted molar refractivity (Wildman–Crippen MR) is 76.9 cm³/mol. The van der Waals surface area contributed by atoms with Gasteiger partial charge in [-0.1, -0.05) is 11.8 Å². The Labute approximate surface area is 123 Å². The van der Waals surface area contributed by atoms with Gasteiger partial charge in [-0.3, -0.25) is 4.79 Å². The molecule has 1 rings (SSSR count). The molecule has 21 heavy (non-hydrogen) atoms. The largest absolute Gasteiger partial charge is 0.870 e. The second kappa shape index (κ2) is 8.48. The van der Waals surface area contributed by atoms with Crippen LogP contribution < -0.4 is 20.5 Å². The lowest BCUT2D eigenvalue weighted by atomic mass is 10.2. The number of anilines is 1. The number of carbonyl (C=O) groups is 2. The first kappa shape index (κ1) is 16.4. The molecule has 0 aromatic heterocycles. The molecule has 2 N–H and O–H groups in total. The summed E-state index contributed by atoms with van der Waals surface area (Å²) in [5.41, 5.74) is 0.368. The molecule has 0 aliphatic rings. The molecule has 0 heterocycles. The summed E-state index contributed by atoms with van der Waals surface area (Å²) in [4.78, 5) is 22.5. The first-order chi connectivity index (χ1) is 10.0. The molecule has 6 nitrogen and oxygen atoms in total. The Kier molecular flexibility index (Phi) is 6.61. The zero-order chi connectivity index (χ0) is 15.7. The maximum Gasteiger partial charge on any atom is 0.319 e. The van der Waals surface area contributed by atoms with Gasteiger partial charge in [0, 0.05) is 31.6 Å². The maximum atomic E-state index is 11.6. The van der Waals surface area contributed by atoms with Gasteiger partial charge in [0.1, 0.15) is 5.75 Å². The molecule has 0 fully saturated rings. The number of rotatable bonds is 6. The monoisotopic (exact) mass is 289 g/mol. The van der Waals surface area contributed by atoms with E-state index in [0.29, 0.717) is 18.7 Å². The first-order valence-electron chi connectivity index (χ1n) is 6.50. The normalized spacial score (nSPS) is 9.52. The minimum Gasteiger partial charge on any atom is -0.870 e. The fourth-order valence-corrected chi connectivity index (χ4v) is 1.55. The number of terminal acetylenes is 1. The summed E-state index contributed by atoms with van der Waals surface area (Å²) in [6.07, 6.45) is 7.44. The molecule has 2 amide bonds. The van der Waals surface area contributed by atoms with Crippen LogP contribution in [0.4, 0.5) is 10.5 Å². The third kappa shape index (κ3) is 6.34. The second-order valence-corrected chi connectivity index (χ2v) is 4.30. The van der Waals surface area contributed by atoms with Gasteiger partial charge in [0.05, 0.1) is 0 Å². The number of unbranched alkanes of at least 4 members (excludes halogenated alkanes) is 2. The molecule has 1 aromatic rings. The Bertz CT molecular complexity index is 549. The van der Waals surface area contributed by atoms with Gasteiger partial charge in [-0.25, -0.2) is 4.79 Å². The third-order valence-electron chi connectivity index (χ3n) is 2.49. The number of carbonyl (C=O) groups excluding carboxylic acids is 2. The molecular formula is C15H17N2O4-. The highest BCUT2D eigenvalue weighted by Gasteiger charge is 2.05. The molecule has 1 aromatic carbocycles. The van der Waals surface area contributed by atoms with Crippen molar-refractivity contribution >= 4 is 17.7 Å². The fraction of sp³-hybridized carbons (Fsp3) is 0.333. The standard InChI is InChI=1S/C15H18N2O4/c1-3-4-5-6-9-16-15(20)17-12-7-8-13(19)14(10-12)21-11(2)18/h1,7-8,10,19H,4-6,9H2,2H3,(H2,16,17,20)/p-1. The van der Waals surface area contributed by atoms with Crippen LogP contribution in [0.3, 0.4) is 0 Å². The highest BCUT2D eigenvalue weighted by atomic mass is 16.5. The van der Waals surface area contributed by atoms with E-state index >= 15 is 0 Å². The Morgan fingerprint density at radius 1 is 1.38 bits per heavy atom. The quantitative estimate of drug-likeness (QED) is 0.360. The van der Waals surface area contributed by atoms with Crippen molar-refractivity contribution in [3.05, 3.63) is 18.2 Å². The van der Waals surface area contributed by atoms with Crippen molar-refractivity contribution in [1.29, 1.82) is 0 Å². The van der Waals surface area contributed by atoms with Crippen LogP contribution >= 0.6 is 0 Å². The van der Waals surface area contributed by atoms with Crippen molar-refractivity contribution < 1.29 is 19.4 Å². The lowest BCUT2D eigenvalue weighted by Gasteiger charge is -2.14. The zero-order valence-electron chi connectivity index (χ0n) is 11.8. The maximum absolute atomic E-state index is 11.6. The average molecular weight is 289 g/mol. The van der Waals surface area contributed by atoms with Gasteiger partial charge < -0.3 is 20.5 Å². The second-order valence-electron chi connectivity index (χ2n) is 4.30. The van der Waals surface area contributed by atoms with Crippen molar-refractivity contribution in [2.24, 2.45) is 0 Å². The summed E-state index contributed by atoms with van der Waals surface area (Å²) in [7, 11) is 0. The van der Waals surface area contributed by atoms with Crippen molar-refractivity contribution in [2.45, 2.75) is 26.2 Å². The van der Waals surface area contributed by atoms with Crippen LogP contribution in [0.25, 0.3) is 0 Å². The van der Waals surface area contributed by atoms with E-state index in [-0.39, 0.29) is 5.75 Å². The summed E-state index contributed by atoms with van der Waals surface area (Å²) in [6, 6.07) is 3.57. The van der Waals surface area contributed by atoms with Crippen LogP contribution in [0, 0.1) is 12.3 Å². The van der Waals surface area contributed by atoms with Crippen LogP contribution in [0.2, 0.25) is 0 Å². The molecule has 0 saturated heterocycles. The Morgan fingerprint density at radius 2 is 2.14 bits per heavy atom. The molecule has 0 bridgehead atoms. The Morgan fingerprint density at radius 3 is 2.81 bits per heavy atom. The Hall–Kier alpha value is -2.68. The topological polar surface area (TPSA) is 90.5 Å². The molecule has 0 spiro atoms. The minimum atomic E-state index is -0.595. The molecule has 0 aliphatic carbocycles. The summed E-state index contributed by atoms with van der Waals surface area (Å²) in [5.74, 6) is 1.39. The summed E-state index contributed by atoms with van der Waals surface area (Å²) in [5, 5.41) is 16.7. The molecule has 0 unspecified atom stereocenters. The van der Waals surface area contributed by atoms with Gasteiger partial charge in [-0.05, 0) is 18.9 Å². The number of benzene rings is 1. The average Bonchev–Trinajstić information content (AvgIpc) is 2.42. The summed E-state index contributed by atoms with van der Waals surface area (Å²) >= 11 is 0. The van der Waals surface area contributed by atoms with E-state index in [1.165, 1.54) is 25.1 Å². The number of amides is 2. The van der Waals surface area contributed by atoms with Crippen molar-refractivity contribution in [2.75, 3.05) is 11.9 Å². The number of ether oxygens (including phenoxy) is 1. The molecule has 0 radical (unpaired) electrons. The van der Waals surface area contributed by atoms with Crippen molar-refractivity contribution in [1.82, 2.24) is 5.32 Å². The van der Waals surface area contributed by atoms with Crippen LogP contribution in [0.15, 0.2) is 18.2 Å². The molecule has 112 valence electrons. The lowest BCUT2D eigenvalue weighted by Crippen LogP contribution is -2.29.